The Balaban J connectivity index is 1.59. The van der Waals surface area contributed by atoms with Gasteiger partial charge in [0.1, 0.15) is 0 Å². The molecule has 0 bridgehead atoms. The fourth-order valence-electron chi connectivity index (χ4n) is 4.43. The number of ether oxygens (including phenoxy) is 1. The van der Waals surface area contributed by atoms with Crippen LogP contribution >= 0.6 is 0 Å². The molecule has 1 unspecified atom stereocenters. The second kappa shape index (κ2) is 10.2. The molecular weight excluding hydrogens is 412 g/mol. The highest BCUT2D eigenvalue weighted by atomic mass is 16.5. The van der Waals surface area contributed by atoms with Gasteiger partial charge in [-0.05, 0) is 71.0 Å². The number of hydrogen-bond donors (Lipinski definition) is 2. The van der Waals surface area contributed by atoms with E-state index in [0.29, 0.717) is 30.8 Å². The number of hydrogen-bond acceptors (Lipinski definition) is 3. The largest absolute Gasteiger partial charge is 0.462 e. The van der Waals surface area contributed by atoms with Crippen LogP contribution in [0.3, 0.4) is 0 Å². The Morgan fingerprint density at radius 1 is 1.06 bits per heavy atom. The van der Waals surface area contributed by atoms with Crippen molar-refractivity contribution in [2.45, 2.75) is 64.2 Å². The average molecular weight is 449 g/mol. The first-order valence-corrected chi connectivity index (χ1v) is 11.8. The van der Waals surface area contributed by atoms with Crippen LogP contribution in [0.1, 0.15) is 74.0 Å². The molecule has 33 heavy (non-hydrogen) atoms. The molecule has 2 amide bonds. The Bertz CT molecular complexity index is 1010. The van der Waals surface area contributed by atoms with E-state index in [2.05, 4.69) is 57.0 Å². The van der Waals surface area contributed by atoms with Crippen molar-refractivity contribution in [3.8, 4) is 0 Å². The van der Waals surface area contributed by atoms with Crippen LogP contribution in [-0.2, 0) is 22.0 Å². The summed E-state index contributed by atoms with van der Waals surface area (Å²) in [6.45, 7) is 13.4. The van der Waals surface area contributed by atoms with Gasteiger partial charge in [-0.15, -0.1) is 6.58 Å². The van der Waals surface area contributed by atoms with Crippen molar-refractivity contribution >= 4 is 17.7 Å². The standard InChI is InChI=1S/C28H36N2O3/c1-6-17-29-26(32)30-22-11-8-20(9-12-22)14-18-33-25(31)21-10-13-23-24(19-21)28(5,7-2)16-15-27(23,3)4/h6,8-13,19H,1,7,14-18H2,2-5H3,(H2,29,30,32). The van der Waals surface area contributed by atoms with E-state index in [4.69, 9.17) is 4.74 Å². The van der Waals surface area contributed by atoms with Gasteiger partial charge in [0.15, 0.2) is 0 Å². The van der Waals surface area contributed by atoms with Gasteiger partial charge < -0.3 is 15.4 Å². The van der Waals surface area contributed by atoms with Crippen LogP contribution in [0, 0.1) is 0 Å². The summed E-state index contributed by atoms with van der Waals surface area (Å²) < 4.78 is 5.59. The number of amides is 2. The van der Waals surface area contributed by atoms with Gasteiger partial charge in [0.25, 0.3) is 0 Å². The quantitative estimate of drug-likeness (QED) is 0.377. The first kappa shape index (κ1) is 24.6. The highest BCUT2D eigenvalue weighted by molar-refractivity contribution is 5.90. The van der Waals surface area contributed by atoms with Gasteiger partial charge in [-0.1, -0.05) is 52.0 Å². The van der Waals surface area contributed by atoms with E-state index >= 15 is 0 Å². The highest BCUT2D eigenvalue weighted by Crippen LogP contribution is 2.47. The van der Waals surface area contributed by atoms with E-state index in [9.17, 15) is 9.59 Å². The summed E-state index contributed by atoms with van der Waals surface area (Å²) in [5.41, 5.74) is 5.21. The van der Waals surface area contributed by atoms with Crippen LogP contribution in [-0.4, -0.2) is 25.2 Å². The van der Waals surface area contributed by atoms with Gasteiger partial charge >= 0.3 is 12.0 Å². The van der Waals surface area contributed by atoms with Gasteiger partial charge in [0.2, 0.25) is 0 Å². The topological polar surface area (TPSA) is 67.4 Å². The third-order valence-corrected chi connectivity index (χ3v) is 6.96. The van der Waals surface area contributed by atoms with Crippen molar-refractivity contribution in [2.24, 2.45) is 0 Å². The summed E-state index contributed by atoms with van der Waals surface area (Å²) in [6, 6.07) is 13.3. The first-order chi connectivity index (χ1) is 15.7. The Labute approximate surface area is 197 Å². The average Bonchev–Trinajstić information content (AvgIpc) is 2.81. The molecule has 2 aromatic carbocycles. The minimum absolute atomic E-state index is 0.0967. The van der Waals surface area contributed by atoms with Crippen LogP contribution < -0.4 is 10.6 Å². The third kappa shape index (κ3) is 5.84. The Morgan fingerprint density at radius 3 is 2.45 bits per heavy atom. The molecule has 176 valence electrons. The zero-order valence-corrected chi connectivity index (χ0v) is 20.3. The number of anilines is 1. The summed E-state index contributed by atoms with van der Waals surface area (Å²) in [5.74, 6) is -0.281. The number of fused-ring (bicyclic) bond motifs is 1. The van der Waals surface area contributed by atoms with Gasteiger partial charge in [-0.25, -0.2) is 9.59 Å². The highest BCUT2D eigenvalue weighted by Gasteiger charge is 2.39. The van der Waals surface area contributed by atoms with Crippen molar-refractivity contribution in [1.82, 2.24) is 5.32 Å². The van der Waals surface area contributed by atoms with Crippen LogP contribution in [0.4, 0.5) is 10.5 Å². The lowest BCUT2D eigenvalue weighted by atomic mass is 9.61. The molecule has 5 heteroatoms. The maximum Gasteiger partial charge on any atom is 0.338 e. The fourth-order valence-corrected chi connectivity index (χ4v) is 4.43. The number of carbonyl (C=O) groups excluding carboxylic acids is 2. The molecule has 0 aliphatic heterocycles. The number of urea groups is 1. The molecule has 1 atom stereocenters. The Kier molecular flexibility index (Phi) is 7.62. The van der Waals surface area contributed by atoms with Gasteiger partial charge in [-0.2, -0.15) is 0 Å². The van der Waals surface area contributed by atoms with E-state index in [1.165, 1.54) is 11.1 Å². The molecule has 2 aromatic rings. The molecule has 1 aliphatic rings. The number of esters is 1. The molecule has 2 N–H and O–H groups in total. The van der Waals surface area contributed by atoms with E-state index < -0.39 is 0 Å². The second-order valence-electron chi connectivity index (χ2n) is 9.77. The van der Waals surface area contributed by atoms with E-state index in [0.717, 1.165) is 24.8 Å². The number of benzene rings is 2. The summed E-state index contributed by atoms with van der Waals surface area (Å²) in [5, 5.41) is 5.42. The number of carbonyl (C=O) groups is 2. The van der Waals surface area contributed by atoms with E-state index in [-0.39, 0.29) is 22.8 Å². The van der Waals surface area contributed by atoms with Gasteiger partial charge in [0.05, 0.1) is 12.2 Å². The predicted octanol–water partition coefficient (Wildman–Crippen LogP) is 6.13. The van der Waals surface area contributed by atoms with Crippen molar-refractivity contribution in [1.29, 1.82) is 0 Å². The smallest absolute Gasteiger partial charge is 0.338 e. The zero-order chi connectivity index (χ0) is 24.1. The van der Waals surface area contributed by atoms with Crippen molar-refractivity contribution in [2.75, 3.05) is 18.5 Å². The second-order valence-corrected chi connectivity index (χ2v) is 9.77. The van der Waals surface area contributed by atoms with Gasteiger partial charge in [0, 0.05) is 18.7 Å². The molecule has 0 spiro atoms. The summed E-state index contributed by atoms with van der Waals surface area (Å²) in [7, 11) is 0. The molecule has 0 aromatic heterocycles. The van der Waals surface area contributed by atoms with Crippen LogP contribution in [0.2, 0.25) is 0 Å². The number of rotatable bonds is 8. The SMILES string of the molecule is C=CCNC(=O)Nc1ccc(CCOC(=O)c2ccc3c(c2)C(C)(CC)CCC3(C)C)cc1. The minimum atomic E-state index is -0.281. The first-order valence-electron chi connectivity index (χ1n) is 11.8. The fraction of sp³-hybridized carbons (Fsp3) is 0.429. The van der Waals surface area contributed by atoms with Crippen molar-refractivity contribution in [3.05, 3.63) is 77.4 Å². The molecule has 0 saturated heterocycles. The Morgan fingerprint density at radius 2 is 1.79 bits per heavy atom. The predicted molar refractivity (Wildman–Crippen MR) is 134 cm³/mol. The zero-order valence-electron chi connectivity index (χ0n) is 20.3. The molecule has 5 nitrogen and oxygen atoms in total. The van der Waals surface area contributed by atoms with Crippen LogP contribution in [0.25, 0.3) is 0 Å². The number of nitrogens with one attached hydrogen (secondary N) is 2. The molecule has 0 heterocycles. The molecule has 3 rings (SSSR count). The van der Waals surface area contributed by atoms with Gasteiger partial charge in [-0.3, -0.25) is 0 Å². The van der Waals surface area contributed by atoms with Crippen molar-refractivity contribution in [3.63, 3.8) is 0 Å². The Hall–Kier alpha value is -3.08. The van der Waals surface area contributed by atoms with Crippen molar-refractivity contribution < 1.29 is 14.3 Å². The van der Waals surface area contributed by atoms with E-state index in [1.54, 1.807) is 6.08 Å². The minimum Gasteiger partial charge on any atom is -0.462 e. The lowest BCUT2D eigenvalue weighted by Gasteiger charge is -2.43. The lowest BCUT2D eigenvalue weighted by molar-refractivity contribution is 0.0509. The third-order valence-electron chi connectivity index (χ3n) is 6.96. The monoisotopic (exact) mass is 448 g/mol. The molecule has 0 radical (unpaired) electrons. The molecule has 0 saturated carbocycles. The maximum absolute atomic E-state index is 12.8. The van der Waals surface area contributed by atoms with Crippen LogP contribution in [0.5, 0.6) is 0 Å². The molecule has 1 aliphatic carbocycles. The summed E-state index contributed by atoms with van der Waals surface area (Å²) >= 11 is 0. The van der Waals surface area contributed by atoms with Crippen LogP contribution in [0.15, 0.2) is 55.1 Å². The lowest BCUT2D eigenvalue weighted by Crippen LogP contribution is -2.35. The normalized spacial score (nSPS) is 18.7. The summed E-state index contributed by atoms with van der Waals surface area (Å²) in [6.07, 6.45) is 5.57. The van der Waals surface area contributed by atoms with E-state index in [1.807, 2.05) is 30.3 Å². The summed E-state index contributed by atoms with van der Waals surface area (Å²) in [4.78, 5) is 24.5. The molecule has 0 fully saturated rings. The molecular formula is C28H36N2O3. The maximum atomic E-state index is 12.8.